The Morgan fingerprint density at radius 1 is 1.03 bits per heavy atom. The molecule has 29 heavy (non-hydrogen) atoms. The minimum atomic E-state index is -1.07. The van der Waals surface area contributed by atoms with Crippen LogP contribution in [0.5, 0.6) is 0 Å². The van der Waals surface area contributed by atoms with Crippen LogP contribution in [0.1, 0.15) is 34.0 Å². The van der Waals surface area contributed by atoms with Crippen LogP contribution >= 0.6 is 0 Å². The molecule has 0 saturated heterocycles. The van der Waals surface area contributed by atoms with Crippen molar-refractivity contribution >= 4 is 28.8 Å². The molecule has 7 heteroatoms. The van der Waals surface area contributed by atoms with Crippen LogP contribution in [-0.2, 0) is 20.7 Å². The van der Waals surface area contributed by atoms with Gasteiger partial charge in [-0.2, -0.15) is 0 Å². The monoisotopic (exact) mass is 394 g/mol. The number of amides is 2. The summed E-state index contributed by atoms with van der Waals surface area (Å²) in [6.07, 6.45) is 0.438. The Morgan fingerprint density at radius 3 is 2.48 bits per heavy atom. The van der Waals surface area contributed by atoms with Gasteiger partial charge in [0, 0.05) is 16.5 Å². The number of fused-ring (bicyclic) bond motifs is 1. The summed E-state index contributed by atoms with van der Waals surface area (Å²) in [5, 5.41) is 0.845. The van der Waals surface area contributed by atoms with Gasteiger partial charge in [-0.15, -0.1) is 0 Å². The molecular formula is C22H22N2O5. The summed E-state index contributed by atoms with van der Waals surface area (Å²) in [7, 11) is 0. The number of hydrazine groups is 1. The fourth-order valence-corrected chi connectivity index (χ4v) is 2.85. The van der Waals surface area contributed by atoms with Gasteiger partial charge in [0.15, 0.2) is 6.10 Å². The molecule has 2 N–H and O–H groups in total. The van der Waals surface area contributed by atoms with Crippen LogP contribution in [0.3, 0.4) is 0 Å². The molecule has 0 saturated carbocycles. The van der Waals surface area contributed by atoms with Crippen molar-refractivity contribution in [2.24, 2.45) is 0 Å². The Hall–Kier alpha value is -3.61. The number of aryl methyl sites for hydroxylation is 2. The summed E-state index contributed by atoms with van der Waals surface area (Å²) in [5.74, 6) is -1.66. The number of hydrogen-bond acceptors (Lipinski definition) is 5. The van der Waals surface area contributed by atoms with Crippen molar-refractivity contribution in [2.45, 2.75) is 33.3 Å². The molecule has 2 amide bonds. The van der Waals surface area contributed by atoms with E-state index in [-0.39, 0.29) is 6.42 Å². The Labute approximate surface area is 168 Å². The first-order valence-electron chi connectivity index (χ1n) is 9.18. The highest BCUT2D eigenvalue weighted by molar-refractivity contribution is 5.96. The van der Waals surface area contributed by atoms with E-state index in [2.05, 4.69) is 10.9 Å². The van der Waals surface area contributed by atoms with Crippen molar-refractivity contribution in [3.63, 3.8) is 0 Å². The minimum absolute atomic E-state index is 0.0243. The van der Waals surface area contributed by atoms with Crippen molar-refractivity contribution in [3.8, 4) is 0 Å². The van der Waals surface area contributed by atoms with Crippen molar-refractivity contribution < 1.29 is 23.5 Å². The molecular weight excluding hydrogens is 372 g/mol. The summed E-state index contributed by atoms with van der Waals surface area (Å²) < 4.78 is 10.8. The average molecular weight is 394 g/mol. The zero-order valence-electron chi connectivity index (χ0n) is 16.4. The van der Waals surface area contributed by atoms with Crippen molar-refractivity contribution in [1.29, 1.82) is 0 Å². The molecule has 1 heterocycles. The summed E-state index contributed by atoms with van der Waals surface area (Å²) >= 11 is 0. The highest BCUT2D eigenvalue weighted by Crippen LogP contribution is 2.27. The Kier molecular flexibility index (Phi) is 5.97. The SMILES string of the molecule is Cc1ccc2c(CC(=O)O[C@H](C)C(=O)NNC(=O)c3ccccc3)coc2c1C. The van der Waals surface area contributed by atoms with Gasteiger partial charge < -0.3 is 9.15 Å². The van der Waals surface area contributed by atoms with Gasteiger partial charge in [-0.25, -0.2) is 0 Å². The lowest BCUT2D eigenvalue weighted by Gasteiger charge is -2.14. The van der Waals surface area contributed by atoms with Gasteiger partial charge in [0.2, 0.25) is 0 Å². The van der Waals surface area contributed by atoms with Gasteiger partial charge in [0.05, 0.1) is 12.7 Å². The molecule has 1 aromatic heterocycles. The van der Waals surface area contributed by atoms with E-state index in [1.54, 1.807) is 30.3 Å². The number of carbonyl (C=O) groups excluding carboxylic acids is 3. The third-order valence-electron chi connectivity index (χ3n) is 4.69. The molecule has 0 fully saturated rings. The molecule has 2 aromatic carbocycles. The Morgan fingerprint density at radius 2 is 1.76 bits per heavy atom. The predicted molar refractivity (Wildman–Crippen MR) is 107 cm³/mol. The maximum Gasteiger partial charge on any atom is 0.311 e. The Bertz CT molecular complexity index is 1060. The number of nitrogens with one attached hydrogen (secondary N) is 2. The molecule has 0 bridgehead atoms. The highest BCUT2D eigenvalue weighted by atomic mass is 16.5. The first-order valence-corrected chi connectivity index (χ1v) is 9.18. The zero-order chi connectivity index (χ0) is 21.0. The van der Waals surface area contributed by atoms with Crippen molar-refractivity contribution in [2.75, 3.05) is 0 Å². The van der Waals surface area contributed by atoms with E-state index in [0.717, 1.165) is 22.1 Å². The van der Waals surface area contributed by atoms with Crippen LogP contribution in [0.25, 0.3) is 11.0 Å². The molecule has 3 rings (SSSR count). The molecule has 0 aliphatic heterocycles. The van der Waals surface area contributed by atoms with Crippen LogP contribution in [0.2, 0.25) is 0 Å². The molecule has 0 aliphatic carbocycles. The largest absolute Gasteiger partial charge is 0.464 e. The van der Waals surface area contributed by atoms with Crippen molar-refractivity contribution in [3.05, 3.63) is 71.0 Å². The van der Waals surface area contributed by atoms with E-state index >= 15 is 0 Å². The van der Waals surface area contributed by atoms with E-state index in [9.17, 15) is 14.4 Å². The molecule has 1 atom stereocenters. The first-order chi connectivity index (χ1) is 13.9. The van der Waals surface area contributed by atoms with Gasteiger partial charge in [0.1, 0.15) is 5.58 Å². The number of furan rings is 1. The normalized spacial score (nSPS) is 11.7. The van der Waals surface area contributed by atoms with Gasteiger partial charge in [-0.3, -0.25) is 25.2 Å². The quantitative estimate of drug-likeness (QED) is 0.512. The number of esters is 1. The third-order valence-corrected chi connectivity index (χ3v) is 4.69. The van der Waals surface area contributed by atoms with E-state index in [4.69, 9.17) is 9.15 Å². The fourth-order valence-electron chi connectivity index (χ4n) is 2.85. The number of ether oxygens (including phenoxy) is 1. The second kappa shape index (κ2) is 8.60. The van der Waals surface area contributed by atoms with Gasteiger partial charge in [-0.05, 0) is 44.0 Å². The minimum Gasteiger partial charge on any atom is -0.464 e. The molecule has 150 valence electrons. The number of benzene rings is 2. The second-order valence-electron chi connectivity index (χ2n) is 6.76. The first kappa shape index (κ1) is 20.1. The smallest absolute Gasteiger partial charge is 0.311 e. The second-order valence-corrected chi connectivity index (χ2v) is 6.76. The number of carbonyl (C=O) groups is 3. The summed E-state index contributed by atoms with van der Waals surface area (Å²) in [5.41, 5.74) is 8.49. The van der Waals surface area contributed by atoms with Gasteiger partial charge in [0.25, 0.3) is 11.8 Å². The molecule has 0 aliphatic rings. The maximum absolute atomic E-state index is 12.2. The highest BCUT2D eigenvalue weighted by Gasteiger charge is 2.20. The lowest BCUT2D eigenvalue weighted by atomic mass is 10.0. The summed E-state index contributed by atoms with van der Waals surface area (Å²) in [4.78, 5) is 36.3. The molecule has 0 unspecified atom stereocenters. The maximum atomic E-state index is 12.2. The molecule has 0 radical (unpaired) electrons. The van der Waals surface area contributed by atoms with E-state index in [0.29, 0.717) is 11.1 Å². The fraction of sp³-hybridized carbons (Fsp3) is 0.227. The van der Waals surface area contributed by atoms with Crippen LogP contribution in [0.4, 0.5) is 0 Å². The zero-order valence-corrected chi connectivity index (χ0v) is 16.4. The Balaban J connectivity index is 1.54. The number of hydrogen-bond donors (Lipinski definition) is 2. The third kappa shape index (κ3) is 4.63. The van der Waals surface area contributed by atoms with Gasteiger partial charge >= 0.3 is 5.97 Å². The van der Waals surface area contributed by atoms with E-state index in [1.807, 2.05) is 26.0 Å². The molecule has 0 spiro atoms. The average Bonchev–Trinajstić information content (AvgIpc) is 3.12. The van der Waals surface area contributed by atoms with Crippen LogP contribution in [-0.4, -0.2) is 23.9 Å². The topological polar surface area (TPSA) is 97.6 Å². The summed E-state index contributed by atoms with van der Waals surface area (Å²) in [6, 6.07) is 12.3. The molecule has 7 nitrogen and oxygen atoms in total. The predicted octanol–water partition coefficient (Wildman–Crippen LogP) is 2.99. The lowest BCUT2D eigenvalue weighted by molar-refractivity contribution is -0.154. The van der Waals surface area contributed by atoms with E-state index in [1.165, 1.54) is 13.2 Å². The van der Waals surface area contributed by atoms with Crippen LogP contribution < -0.4 is 10.9 Å². The standard InChI is InChI=1S/C22H22N2O5/c1-13-9-10-18-17(12-28-20(18)14(13)2)11-19(25)29-15(3)21(26)23-24-22(27)16-7-5-4-6-8-16/h4-10,12,15H,11H2,1-3H3,(H,23,26)(H,24,27)/t15-/m1/s1. The van der Waals surface area contributed by atoms with Gasteiger partial charge in [-0.1, -0.05) is 30.3 Å². The van der Waals surface area contributed by atoms with Crippen molar-refractivity contribution in [1.82, 2.24) is 10.9 Å². The van der Waals surface area contributed by atoms with Crippen LogP contribution in [0.15, 0.2) is 53.1 Å². The summed E-state index contributed by atoms with van der Waals surface area (Å²) in [6.45, 7) is 5.38. The number of rotatable bonds is 5. The lowest BCUT2D eigenvalue weighted by Crippen LogP contribution is -2.46. The van der Waals surface area contributed by atoms with E-state index < -0.39 is 23.9 Å². The molecule has 3 aromatic rings. The van der Waals surface area contributed by atoms with Crippen LogP contribution in [0, 0.1) is 13.8 Å².